The molecule has 0 bridgehead atoms. The van der Waals surface area contributed by atoms with Crippen LogP contribution < -0.4 is 23.8 Å². The molecule has 2 aromatic carbocycles. The zero-order valence-corrected chi connectivity index (χ0v) is 20.4. The predicted octanol–water partition coefficient (Wildman–Crippen LogP) is 1.74. The molecular weight excluding hydrogens is 462 g/mol. The molecule has 0 aromatic heterocycles. The minimum Gasteiger partial charge on any atom is -0.497 e. The summed E-state index contributed by atoms with van der Waals surface area (Å²) in [7, 11) is -2.30. The van der Waals surface area contributed by atoms with Gasteiger partial charge in [0.15, 0.2) is 11.5 Å². The molecule has 1 N–H and O–H groups in total. The Labute approximate surface area is 199 Å². The summed E-state index contributed by atoms with van der Waals surface area (Å²) in [6.45, 7) is 3.42. The number of sulfonamides is 1. The lowest BCUT2D eigenvalue weighted by atomic mass is 10.1. The highest BCUT2D eigenvalue weighted by Gasteiger charge is 2.30. The summed E-state index contributed by atoms with van der Waals surface area (Å²) in [6, 6.07) is 10.9. The predicted molar refractivity (Wildman–Crippen MR) is 126 cm³/mol. The van der Waals surface area contributed by atoms with E-state index in [9.17, 15) is 18.0 Å². The highest BCUT2D eigenvalue weighted by atomic mass is 32.2. The van der Waals surface area contributed by atoms with Crippen LogP contribution in [0.3, 0.4) is 0 Å². The second-order valence-electron chi connectivity index (χ2n) is 7.75. The minimum absolute atomic E-state index is 0.0367. The van der Waals surface area contributed by atoms with Gasteiger partial charge in [-0.2, -0.15) is 0 Å². The quantitative estimate of drug-likeness (QED) is 0.538. The SMILES string of the molecule is CCNC(=O)C(C)N(Cc1cccc(OC)c1)C(=O)CN(c1ccc2c(c1)OCO2)S(C)(=O)=O. The van der Waals surface area contributed by atoms with Gasteiger partial charge in [0.25, 0.3) is 0 Å². The smallest absolute Gasteiger partial charge is 0.244 e. The Bertz CT molecular complexity index is 1150. The molecule has 1 unspecified atom stereocenters. The Balaban J connectivity index is 1.91. The number of rotatable bonds is 10. The van der Waals surface area contributed by atoms with Gasteiger partial charge in [-0.1, -0.05) is 12.1 Å². The molecule has 0 spiro atoms. The molecule has 1 aliphatic heterocycles. The fourth-order valence-corrected chi connectivity index (χ4v) is 4.37. The van der Waals surface area contributed by atoms with Crippen molar-refractivity contribution in [1.82, 2.24) is 10.2 Å². The van der Waals surface area contributed by atoms with Gasteiger partial charge in [-0.3, -0.25) is 13.9 Å². The summed E-state index contributed by atoms with van der Waals surface area (Å²) < 4.78 is 42.1. The zero-order valence-electron chi connectivity index (χ0n) is 19.6. The standard InChI is InChI=1S/C23H29N3O7S/c1-5-24-23(28)16(2)25(13-17-7-6-8-19(11-17)31-3)22(27)14-26(34(4,29)30)18-9-10-20-21(12-18)33-15-32-20/h6-12,16H,5,13-15H2,1-4H3,(H,24,28). The molecule has 0 aliphatic carbocycles. The first-order valence-corrected chi connectivity index (χ1v) is 12.6. The van der Waals surface area contributed by atoms with Crippen molar-refractivity contribution in [3.05, 3.63) is 48.0 Å². The number of hydrogen-bond acceptors (Lipinski definition) is 7. The average Bonchev–Trinajstić information content (AvgIpc) is 3.28. The number of hydrogen-bond donors (Lipinski definition) is 1. The van der Waals surface area contributed by atoms with Crippen LogP contribution in [0.2, 0.25) is 0 Å². The topological polar surface area (TPSA) is 114 Å². The number of carbonyl (C=O) groups excluding carboxylic acids is 2. The average molecular weight is 492 g/mol. The van der Waals surface area contributed by atoms with Gasteiger partial charge in [0.2, 0.25) is 28.6 Å². The molecule has 0 radical (unpaired) electrons. The zero-order chi connectivity index (χ0) is 24.9. The van der Waals surface area contributed by atoms with Crippen LogP contribution in [0.1, 0.15) is 19.4 Å². The number of ether oxygens (including phenoxy) is 3. The van der Waals surface area contributed by atoms with Gasteiger partial charge in [-0.15, -0.1) is 0 Å². The summed E-state index contributed by atoms with van der Waals surface area (Å²) in [5, 5.41) is 2.71. The molecular formula is C23H29N3O7S. The maximum atomic E-state index is 13.5. The molecule has 1 atom stereocenters. The van der Waals surface area contributed by atoms with Gasteiger partial charge >= 0.3 is 0 Å². The maximum absolute atomic E-state index is 13.5. The Kier molecular flexibility index (Phi) is 7.87. The van der Waals surface area contributed by atoms with E-state index < -0.39 is 28.5 Å². The Morgan fingerprint density at radius 2 is 1.88 bits per heavy atom. The molecule has 0 saturated carbocycles. The molecule has 0 saturated heterocycles. The maximum Gasteiger partial charge on any atom is 0.244 e. The number of fused-ring (bicyclic) bond motifs is 1. The lowest BCUT2D eigenvalue weighted by Crippen LogP contribution is -2.51. The second-order valence-corrected chi connectivity index (χ2v) is 9.66. The lowest BCUT2D eigenvalue weighted by molar-refractivity contribution is -0.139. The summed E-state index contributed by atoms with van der Waals surface area (Å²) in [4.78, 5) is 27.4. The van der Waals surface area contributed by atoms with Crippen molar-refractivity contribution in [2.24, 2.45) is 0 Å². The van der Waals surface area contributed by atoms with Crippen LogP contribution in [0.5, 0.6) is 17.2 Å². The van der Waals surface area contributed by atoms with E-state index in [1.165, 1.54) is 18.1 Å². The normalized spacial score (nSPS) is 13.2. The number of nitrogens with one attached hydrogen (secondary N) is 1. The van der Waals surface area contributed by atoms with E-state index >= 15 is 0 Å². The number of carbonyl (C=O) groups is 2. The van der Waals surface area contributed by atoms with Crippen LogP contribution >= 0.6 is 0 Å². The molecule has 34 heavy (non-hydrogen) atoms. The lowest BCUT2D eigenvalue weighted by Gasteiger charge is -2.31. The number of amides is 2. The van der Waals surface area contributed by atoms with Gasteiger partial charge in [0.1, 0.15) is 18.3 Å². The third-order valence-corrected chi connectivity index (χ3v) is 6.47. The van der Waals surface area contributed by atoms with Crippen LogP contribution in [0.4, 0.5) is 5.69 Å². The van der Waals surface area contributed by atoms with Gasteiger partial charge in [-0.05, 0) is 43.7 Å². The number of likely N-dealkylation sites (N-methyl/N-ethyl adjacent to an activating group) is 1. The fourth-order valence-electron chi connectivity index (χ4n) is 3.53. The van der Waals surface area contributed by atoms with E-state index in [2.05, 4.69) is 5.32 Å². The van der Waals surface area contributed by atoms with Crippen molar-refractivity contribution < 1.29 is 32.2 Å². The Morgan fingerprint density at radius 1 is 1.15 bits per heavy atom. The monoisotopic (exact) mass is 491 g/mol. The second kappa shape index (κ2) is 10.6. The van der Waals surface area contributed by atoms with Crippen molar-refractivity contribution in [2.75, 3.05) is 37.6 Å². The van der Waals surface area contributed by atoms with Crippen molar-refractivity contribution in [1.29, 1.82) is 0 Å². The Morgan fingerprint density at radius 3 is 2.56 bits per heavy atom. The van der Waals surface area contributed by atoms with E-state index in [0.717, 1.165) is 16.1 Å². The number of anilines is 1. The van der Waals surface area contributed by atoms with E-state index in [1.807, 2.05) is 0 Å². The molecule has 184 valence electrons. The highest BCUT2D eigenvalue weighted by Crippen LogP contribution is 2.36. The first kappa shape index (κ1) is 25.2. The highest BCUT2D eigenvalue weighted by molar-refractivity contribution is 7.92. The van der Waals surface area contributed by atoms with Crippen molar-refractivity contribution in [2.45, 2.75) is 26.4 Å². The molecule has 11 heteroatoms. The minimum atomic E-state index is -3.83. The summed E-state index contributed by atoms with van der Waals surface area (Å²) in [5.74, 6) is 0.613. The van der Waals surface area contributed by atoms with Crippen molar-refractivity contribution in [3.8, 4) is 17.2 Å². The molecule has 0 fully saturated rings. The van der Waals surface area contributed by atoms with Gasteiger partial charge < -0.3 is 24.4 Å². The first-order chi connectivity index (χ1) is 16.1. The van der Waals surface area contributed by atoms with Crippen molar-refractivity contribution in [3.63, 3.8) is 0 Å². The van der Waals surface area contributed by atoms with Gasteiger partial charge in [0.05, 0.1) is 19.1 Å². The summed E-state index contributed by atoms with van der Waals surface area (Å²) in [5.41, 5.74) is 0.991. The van der Waals surface area contributed by atoms with Gasteiger partial charge in [-0.25, -0.2) is 8.42 Å². The largest absolute Gasteiger partial charge is 0.497 e. The molecule has 1 heterocycles. The third kappa shape index (κ3) is 5.90. The third-order valence-electron chi connectivity index (χ3n) is 5.33. The van der Waals surface area contributed by atoms with E-state index in [4.69, 9.17) is 14.2 Å². The molecule has 2 aromatic rings. The molecule has 3 rings (SSSR count). The molecule has 2 amide bonds. The molecule has 10 nitrogen and oxygen atoms in total. The Hall–Kier alpha value is -3.47. The first-order valence-electron chi connectivity index (χ1n) is 10.7. The van der Waals surface area contributed by atoms with Crippen LogP contribution in [-0.2, 0) is 26.2 Å². The number of nitrogens with zero attached hydrogens (tertiary/aromatic N) is 2. The number of methoxy groups -OCH3 is 1. The van der Waals surface area contributed by atoms with Crippen LogP contribution in [0.15, 0.2) is 42.5 Å². The van der Waals surface area contributed by atoms with E-state index in [0.29, 0.717) is 23.8 Å². The molecule has 1 aliphatic rings. The van der Waals surface area contributed by atoms with E-state index in [1.54, 1.807) is 50.2 Å². The van der Waals surface area contributed by atoms with Gasteiger partial charge in [0, 0.05) is 19.2 Å². The van der Waals surface area contributed by atoms with Crippen LogP contribution in [-0.4, -0.2) is 64.4 Å². The number of benzene rings is 2. The fraction of sp³-hybridized carbons (Fsp3) is 0.391. The van der Waals surface area contributed by atoms with Crippen molar-refractivity contribution >= 4 is 27.5 Å². The van der Waals surface area contributed by atoms with E-state index in [-0.39, 0.29) is 24.9 Å². The van der Waals surface area contributed by atoms with Crippen LogP contribution in [0.25, 0.3) is 0 Å². The summed E-state index contributed by atoms with van der Waals surface area (Å²) in [6.07, 6.45) is 1.02. The summed E-state index contributed by atoms with van der Waals surface area (Å²) >= 11 is 0. The van der Waals surface area contributed by atoms with Crippen LogP contribution in [0, 0.1) is 0 Å².